The minimum atomic E-state index is -4.24. The van der Waals surface area contributed by atoms with Crippen LogP contribution in [0.5, 0.6) is 0 Å². The number of rotatable bonds is 13. The Morgan fingerprint density at radius 3 is 1.31 bits per heavy atom. The lowest BCUT2D eigenvalue weighted by molar-refractivity contribution is -0.159. The first kappa shape index (κ1) is 43.3. The number of primary sulfonamides is 2. The summed E-state index contributed by atoms with van der Waals surface area (Å²) in [6.07, 6.45) is -3.21. The van der Waals surface area contributed by atoms with Gasteiger partial charge in [0.1, 0.15) is 16.8 Å². The highest BCUT2D eigenvalue weighted by Gasteiger charge is 2.44. The summed E-state index contributed by atoms with van der Waals surface area (Å²) >= 11 is 0.975. The van der Waals surface area contributed by atoms with E-state index < -0.39 is 113 Å². The number of sulfonamides is 2. The van der Waals surface area contributed by atoms with Crippen LogP contribution in [0.3, 0.4) is 0 Å². The van der Waals surface area contributed by atoms with E-state index in [1.54, 1.807) is 13.8 Å². The highest BCUT2D eigenvalue weighted by molar-refractivity contribution is 7.96. The Labute approximate surface area is 319 Å². The first-order valence-corrected chi connectivity index (χ1v) is 23.8. The fourth-order valence-electron chi connectivity index (χ4n) is 5.77. The fraction of sp³-hybridized carbons (Fsp3) is 0.571. The topological polar surface area (TPSA) is 300 Å². The maximum absolute atomic E-state index is 12.9. The van der Waals surface area contributed by atoms with Crippen LogP contribution >= 0.6 is 22.7 Å². The number of nitrogens with two attached hydrogens (primary N) is 2. The number of amides is 2. The van der Waals surface area contributed by atoms with Gasteiger partial charge in [0.05, 0.1) is 35.4 Å². The van der Waals surface area contributed by atoms with E-state index in [2.05, 4.69) is 0 Å². The van der Waals surface area contributed by atoms with Crippen molar-refractivity contribution in [2.75, 3.05) is 26.7 Å². The van der Waals surface area contributed by atoms with Crippen molar-refractivity contribution in [2.24, 2.45) is 10.3 Å². The highest BCUT2D eigenvalue weighted by atomic mass is 32.3. The minimum Gasteiger partial charge on any atom is -0.428 e. The zero-order chi connectivity index (χ0) is 40.6. The molecule has 0 unspecified atom stereocenters. The predicted molar refractivity (Wildman–Crippen MR) is 188 cm³/mol. The van der Waals surface area contributed by atoms with Gasteiger partial charge in [-0.3, -0.25) is 9.59 Å². The maximum Gasteiger partial charge on any atom is 0.413 e. The molecular formula is C28H38N4O16S6. The Morgan fingerprint density at radius 1 is 0.685 bits per heavy atom. The van der Waals surface area contributed by atoms with Crippen molar-refractivity contribution in [3.63, 3.8) is 0 Å². The van der Waals surface area contributed by atoms with Crippen molar-refractivity contribution in [1.29, 1.82) is 0 Å². The molecule has 54 heavy (non-hydrogen) atoms. The molecule has 2 amide bonds. The van der Waals surface area contributed by atoms with Crippen LogP contribution in [0.2, 0.25) is 0 Å². The molecule has 4 N–H and O–H groups in total. The third-order valence-electron chi connectivity index (χ3n) is 8.61. The van der Waals surface area contributed by atoms with Gasteiger partial charge in [0, 0.05) is 24.2 Å². The van der Waals surface area contributed by atoms with Crippen LogP contribution in [0.15, 0.2) is 29.0 Å². The number of hydrogen-bond donors (Lipinski definition) is 2. The summed E-state index contributed by atoms with van der Waals surface area (Å²) in [6.45, 7) is 4.25. The van der Waals surface area contributed by atoms with Gasteiger partial charge >= 0.3 is 24.1 Å². The number of thiophene rings is 2. The van der Waals surface area contributed by atoms with E-state index in [9.17, 15) is 52.8 Å². The maximum atomic E-state index is 12.9. The highest BCUT2D eigenvalue weighted by Crippen LogP contribution is 2.46. The number of ether oxygens (including phenoxy) is 4. The average Bonchev–Trinajstić information content (AvgIpc) is 3.74. The predicted octanol–water partition coefficient (Wildman–Crippen LogP) is 1.72. The van der Waals surface area contributed by atoms with E-state index >= 15 is 0 Å². The average molecular weight is 879 g/mol. The standard InChI is InChI=1S/C28H38N4O16S6/c1-5-31(19-9-15(3)51(37,38)25-17(19)11-23(49-25)53(29,41)42)27(35)47-13-45-21(33)7-8-22(34)46-14-48-28(36)32(6-2)20-10-16(4)52(39,40)26-18(20)12-24(50-26)54(30,43)44/h11-12,15-16,19-20H,5-10,13-14H2,1-4H3,(H2,29,41,42)(H2,30,43,44)/t15-,16-,19-,20-/m0/s1. The van der Waals surface area contributed by atoms with Crippen LogP contribution in [0.4, 0.5) is 9.59 Å². The molecule has 2 aliphatic heterocycles. The number of fused-ring (bicyclic) bond motifs is 2. The quantitative estimate of drug-likeness (QED) is 0.214. The molecule has 0 fully saturated rings. The normalized spacial score (nSPS) is 21.5. The largest absolute Gasteiger partial charge is 0.428 e. The molecule has 0 aliphatic carbocycles. The molecule has 0 spiro atoms. The van der Waals surface area contributed by atoms with Crippen LogP contribution in [-0.4, -0.2) is 105 Å². The van der Waals surface area contributed by atoms with Gasteiger partial charge in [-0.2, -0.15) is 0 Å². The number of carbonyl (C=O) groups is 4. The van der Waals surface area contributed by atoms with Crippen LogP contribution < -0.4 is 10.3 Å². The Balaban J connectivity index is 1.26. The Bertz CT molecular complexity index is 2090. The summed E-state index contributed by atoms with van der Waals surface area (Å²) in [5.41, 5.74) is 0.137. The summed E-state index contributed by atoms with van der Waals surface area (Å²) in [5, 5.41) is 8.47. The summed E-state index contributed by atoms with van der Waals surface area (Å²) < 4.78 is 118. The van der Waals surface area contributed by atoms with Gasteiger partial charge in [-0.15, -0.1) is 22.7 Å². The van der Waals surface area contributed by atoms with Gasteiger partial charge in [-0.1, -0.05) is 0 Å². The fourth-order valence-corrected chi connectivity index (χ4v) is 14.6. The number of esters is 2. The SMILES string of the molecule is CCN(C(=O)OCOC(=O)CCC(=O)OCOC(=O)N(CC)[C@H]1C[C@H](C)S(=O)(=O)c2sc(S(N)(=O)=O)cc21)[C@H]1C[C@H](C)S(=O)(=O)c2sc(S(N)(=O)=O)cc21. The number of sulfone groups is 2. The second kappa shape index (κ2) is 16.4. The minimum absolute atomic E-state index is 0.00683. The Morgan fingerprint density at radius 2 is 1.02 bits per heavy atom. The molecule has 2 aromatic heterocycles. The van der Waals surface area contributed by atoms with E-state index in [4.69, 9.17) is 29.2 Å². The molecule has 0 bridgehead atoms. The van der Waals surface area contributed by atoms with E-state index in [1.807, 2.05) is 0 Å². The van der Waals surface area contributed by atoms with Crippen LogP contribution in [0, 0.1) is 0 Å². The zero-order valence-corrected chi connectivity index (χ0v) is 34.1. The van der Waals surface area contributed by atoms with Gasteiger partial charge in [-0.25, -0.2) is 53.5 Å². The van der Waals surface area contributed by atoms with Crippen LogP contribution in [-0.2, 0) is 68.3 Å². The molecule has 2 aromatic rings. The number of hydrogen-bond acceptors (Lipinski definition) is 18. The molecule has 0 radical (unpaired) electrons. The number of nitrogens with zero attached hydrogens (tertiary/aromatic N) is 2. The Hall–Kier alpha value is -3.40. The monoisotopic (exact) mass is 878 g/mol. The van der Waals surface area contributed by atoms with Crippen molar-refractivity contribution in [3.05, 3.63) is 23.3 Å². The van der Waals surface area contributed by atoms with Gasteiger partial charge < -0.3 is 28.7 Å². The van der Waals surface area contributed by atoms with Gasteiger partial charge in [0.2, 0.25) is 33.6 Å². The first-order chi connectivity index (χ1) is 24.9. The summed E-state index contributed by atoms with van der Waals surface area (Å²) in [5.74, 6) is -1.95. The molecule has 4 heterocycles. The lowest BCUT2D eigenvalue weighted by Gasteiger charge is -2.35. The number of carbonyl (C=O) groups excluding carboxylic acids is 4. The van der Waals surface area contributed by atoms with Crippen molar-refractivity contribution < 1.29 is 71.8 Å². The molecule has 20 nitrogen and oxygen atoms in total. The van der Waals surface area contributed by atoms with E-state index in [0.29, 0.717) is 22.7 Å². The molecule has 4 rings (SSSR count). The summed E-state index contributed by atoms with van der Waals surface area (Å²) in [7, 11) is -16.3. The van der Waals surface area contributed by atoms with Crippen molar-refractivity contribution in [2.45, 2.75) is 92.8 Å². The smallest absolute Gasteiger partial charge is 0.413 e. The van der Waals surface area contributed by atoms with Gasteiger partial charge in [0.25, 0.3) is 0 Å². The third-order valence-corrected chi connectivity index (χ3v) is 19.2. The summed E-state index contributed by atoms with van der Waals surface area (Å²) in [4.78, 5) is 52.6. The molecular weight excluding hydrogens is 841 g/mol. The molecule has 2 aliphatic rings. The van der Waals surface area contributed by atoms with Gasteiger partial charge in [-0.05, 0) is 52.7 Å². The van der Waals surface area contributed by atoms with Crippen molar-refractivity contribution in [1.82, 2.24) is 9.80 Å². The van der Waals surface area contributed by atoms with E-state index in [-0.39, 0.29) is 53.9 Å². The first-order valence-electron chi connectivity index (χ1n) is 15.9. The lowest BCUT2D eigenvalue weighted by atomic mass is 10.0. The second-order valence-electron chi connectivity index (χ2n) is 12.1. The molecule has 302 valence electrons. The van der Waals surface area contributed by atoms with E-state index in [0.717, 1.165) is 21.9 Å². The third kappa shape index (κ3) is 9.17. The lowest BCUT2D eigenvalue weighted by Crippen LogP contribution is -2.40. The van der Waals surface area contributed by atoms with Crippen molar-refractivity contribution in [3.8, 4) is 0 Å². The van der Waals surface area contributed by atoms with Crippen LogP contribution in [0.25, 0.3) is 0 Å². The van der Waals surface area contributed by atoms with Crippen molar-refractivity contribution >= 4 is 86.5 Å². The molecule has 26 heteroatoms. The Kier molecular flexibility index (Phi) is 13.1. The second-order valence-corrected chi connectivity index (χ2v) is 22.9. The molecule has 0 saturated heterocycles. The van der Waals surface area contributed by atoms with E-state index in [1.165, 1.54) is 13.8 Å². The van der Waals surface area contributed by atoms with Gasteiger partial charge in [0.15, 0.2) is 19.7 Å². The summed E-state index contributed by atoms with van der Waals surface area (Å²) in [6, 6.07) is 0.423. The molecule has 0 aromatic carbocycles. The molecule has 4 atom stereocenters. The van der Waals surface area contributed by atoms with Crippen LogP contribution in [0.1, 0.15) is 76.6 Å². The molecule has 0 saturated carbocycles. The zero-order valence-electron chi connectivity index (χ0n) is 29.2.